The molecule has 1 aliphatic rings. The Balaban J connectivity index is 1.32. The fraction of sp³-hybridized carbons (Fsp3) is 0.368. The van der Waals surface area contributed by atoms with E-state index in [2.05, 4.69) is 32.2 Å². The van der Waals surface area contributed by atoms with Gasteiger partial charge in [-0.2, -0.15) is 5.10 Å². The minimum atomic E-state index is -0.447. The predicted molar refractivity (Wildman–Crippen MR) is 99.1 cm³/mol. The van der Waals surface area contributed by atoms with Gasteiger partial charge in [0.15, 0.2) is 0 Å². The zero-order chi connectivity index (χ0) is 17.1. The Labute approximate surface area is 151 Å². The van der Waals surface area contributed by atoms with Gasteiger partial charge in [-0.15, -0.1) is 11.3 Å². The number of rotatable bonds is 5. The van der Waals surface area contributed by atoms with Crippen LogP contribution in [0, 0.1) is 5.92 Å². The first kappa shape index (κ1) is 16.4. The van der Waals surface area contributed by atoms with E-state index in [9.17, 15) is 5.11 Å². The quantitative estimate of drug-likeness (QED) is 0.736. The highest BCUT2D eigenvalue weighted by Gasteiger charge is 2.27. The second-order valence-electron chi connectivity index (χ2n) is 6.55. The van der Waals surface area contributed by atoms with Crippen LogP contribution in [-0.2, 0) is 6.54 Å². The summed E-state index contributed by atoms with van der Waals surface area (Å²) in [7, 11) is 0. The van der Waals surface area contributed by atoms with Crippen molar-refractivity contribution in [1.29, 1.82) is 0 Å². The zero-order valence-electron chi connectivity index (χ0n) is 14.0. The first-order valence-electron chi connectivity index (χ1n) is 8.69. The molecule has 5 nitrogen and oxygen atoms in total. The van der Waals surface area contributed by atoms with Gasteiger partial charge in [0.25, 0.3) is 0 Å². The van der Waals surface area contributed by atoms with Crippen LogP contribution in [0.4, 0.5) is 0 Å². The van der Waals surface area contributed by atoms with Crippen LogP contribution in [0.2, 0.25) is 0 Å². The van der Waals surface area contributed by atoms with E-state index in [0.29, 0.717) is 5.92 Å². The van der Waals surface area contributed by atoms with Crippen LogP contribution in [0.1, 0.15) is 29.5 Å². The number of H-pyrrole nitrogens is 1. The summed E-state index contributed by atoms with van der Waals surface area (Å²) in [5.74, 6) is 0.301. The second kappa shape index (κ2) is 7.47. The summed E-state index contributed by atoms with van der Waals surface area (Å²) < 4.78 is 0. The van der Waals surface area contributed by atoms with Crippen molar-refractivity contribution < 1.29 is 5.11 Å². The fourth-order valence-electron chi connectivity index (χ4n) is 3.44. The Hall–Kier alpha value is -2.02. The number of nitrogens with one attached hydrogen (secondary N) is 1. The summed E-state index contributed by atoms with van der Waals surface area (Å²) in [6, 6.07) is 12.1. The molecule has 25 heavy (non-hydrogen) atoms. The highest BCUT2D eigenvalue weighted by molar-refractivity contribution is 7.15. The molecule has 0 aromatic carbocycles. The molecule has 0 spiro atoms. The number of nitrogens with zero attached hydrogens (tertiary/aromatic N) is 3. The Morgan fingerprint density at radius 1 is 1.16 bits per heavy atom. The molecule has 3 aromatic rings. The Bertz CT molecular complexity index is 779. The van der Waals surface area contributed by atoms with E-state index in [1.807, 2.05) is 35.6 Å². The van der Waals surface area contributed by atoms with Crippen molar-refractivity contribution in [2.75, 3.05) is 13.1 Å². The van der Waals surface area contributed by atoms with Crippen molar-refractivity contribution in [1.82, 2.24) is 20.1 Å². The van der Waals surface area contributed by atoms with Gasteiger partial charge in [0, 0.05) is 23.8 Å². The molecule has 130 valence electrons. The van der Waals surface area contributed by atoms with Crippen LogP contribution >= 0.6 is 11.3 Å². The molecule has 0 saturated carbocycles. The molecule has 1 saturated heterocycles. The van der Waals surface area contributed by atoms with Crippen LogP contribution < -0.4 is 0 Å². The maximum absolute atomic E-state index is 10.5. The highest BCUT2D eigenvalue weighted by atomic mass is 32.1. The van der Waals surface area contributed by atoms with Gasteiger partial charge >= 0.3 is 0 Å². The van der Waals surface area contributed by atoms with Crippen molar-refractivity contribution in [2.45, 2.75) is 25.5 Å². The molecule has 4 rings (SSSR count). The first-order chi connectivity index (χ1) is 12.3. The molecule has 0 bridgehead atoms. The molecule has 1 aliphatic heterocycles. The number of aromatic nitrogens is 3. The summed E-state index contributed by atoms with van der Waals surface area (Å²) >= 11 is 1.82. The van der Waals surface area contributed by atoms with Gasteiger partial charge in [0.05, 0.1) is 22.4 Å². The van der Waals surface area contributed by atoms with E-state index in [1.165, 1.54) is 9.75 Å². The first-order valence-corrected chi connectivity index (χ1v) is 9.51. The minimum Gasteiger partial charge on any atom is -0.387 e. The van der Waals surface area contributed by atoms with E-state index in [4.69, 9.17) is 0 Å². The van der Waals surface area contributed by atoms with Gasteiger partial charge in [0.1, 0.15) is 0 Å². The van der Waals surface area contributed by atoms with Crippen molar-refractivity contribution in [3.63, 3.8) is 0 Å². The average Bonchev–Trinajstić information content (AvgIpc) is 3.34. The van der Waals surface area contributed by atoms with Crippen LogP contribution in [0.15, 0.2) is 48.8 Å². The SMILES string of the molecule is O[C@@H](c1ccccn1)C1CCN(Cc2ccc(-c3ccn[nH]3)s2)CC1. The molecule has 3 aromatic heterocycles. The summed E-state index contributed by atoms with van der Waals surface area (Å²) in [6.07, 6.45) is 5.11. The topological polar surface area (TPSA) is 65.0 Å². The van der Waals surface area contributed by atoms with E-state index in [0.717, 1.165) is 43.9 Å². The summed E-state index contributed by atoms with van der Waals surface area (Å²) in [4.78, 5) is 9.37. The maximum atomic E-state index is 10.5. The third-order valence-electron chi connectivity index (χ3n) is 4.88. The number of hydrogen-bond donors (Lipinski definition) is 2. The lowest BCUT2D eigenvalue weighted by atomic mass is 9.89. The fourth-order valence-corrected chi connectivity index (χ4v) is 4.47. The summed E-state index contributed by atoms with van der Waals surface area (Å²) in [6.45, 7) is 3.02. The number of aliphatic hydroxyl groups excluding tert-OH is 1. The van der Waals surface area contributed by atoms with Crippen LogP contribution in [0.25, 0.3) is 10.6 Å². The lowest BCUT2D eigenvalue weighted by molar-refractivity contribution is 0.0542. The summed E-state index contributed by atoms with van der Waals surface area (Å²) in [5.41, 5.74) is 1.87. The van der Waals surface area contributed by atoms with Gasteiger partial charge < -0.3 is 5.11 Å². The number of piperidine rings is 1. The lowest BCUT2D eigenvalue weighted by Gasteiger charge is -2.33. The van der Waals surface area contributed by atoms with Gasteiger partial charge in [0.2, 0.25) is 0 Å². The number of thiophene rings is 1. The molecule has 6 heteroatoms. The smallest absolute Gasteiger partial charge is 0.0988 e. The van der Waals surface area contributed by atoms with E-state index >= 15 is 0 Å². The number of pyridine rings is 1. The molecule has 1 atom stereocenters. The molecule has 2 N–H and O–H groups in total. The number of aliphatic hydroxyl groups is 1. The van der Waals surface area contributed by atoms with Gasteiger partial charge in [-0.1, -0.05) is 6.07 Å². The third-order valence-corrected chi connectivity index (χ3v) is 5.98. The molecule has 0 aliphatic carbocycles. The predicted octanol–water partition coefficient (Wildman–Crippen LogP) is 3.48. The van der Waals surface area contributed by atoms with Crippen LogP contribution in [-0.4, -0.2) is 38.3 Å². The van der Waals surface area contributed by atoms with Gasteiger partial charge in [-0.05, 0) is 62.2 Å². The third kappa shape index (κ3) is 3.81. The lowest BCUT2D eigenvalue weighted by Crippen LogP contribution is -2.35. The van der Waals surface area contributed by atoms with E-state index in [1.54, 1.807) is 12.4 Å². The maximum Gasteiger partial charge on any atom is 0.0988 e. The molecule has 0 radical (unpaired) electrons. The normalized spacial score (nSPS) is 17.6. The Morgan fingerprint density at radius 3 is 2.76 bits per heavy atom. The monoisotopic (exact) mass is 354 g/mol. The Kier molecular flexibility index (Phi) is 4.92. The number of hydrogen-bond acceptors (Lipinski definition) is 5. The molecule has 4 heterocycles. The van der Waals surface area contributed by atoms with Crippen LogP contribution in [0.5, 0.6) is 0 Å². The van der Waals surface area contributed by atoms with Crippen molar-refractivity contribution >= 4 is 11.3 Å². The average molecular weight is 354 g/mol. The van der Waals surface area contributed by atoms with Crippen molar-refractivity contribution in [3.05, 3.63) is 59.4 Å². The van der Waals surface area contributed by atoms with Crippen LogP contribution in [0.3, 0.4) is 0 Å². The molecular weight excluding hydrogens is 332 g/mol. The highest BCUT2D eigenvalue weighted by Crippen LogP contribution is 2.32. The number of likely N-dealkylation sites (tertiary alicyclic amines) is 1. The molecule has 0 unspecified atom stereocenters. The van der Waals surface area contributed by atoms with Crippen molar-refractivity contribution in [2.24, 2.45) is 5.92 Å². The largest absolute Gasteiger partial charge is 0.387 e. The van der Waals surface area contributed by atoms with E-state index < -0.39 is 6.10 Å². The molecule has 1 fully saturated rings. The molecular formula is C19H22N4OS. The standard InChI is InChI=1S/C19H22N4OS/c24-19(17-3-1-2-9-20-17)14-7-11-23(12-8-14)13-15-4-5-18(25-15)16-6-10-21-22-16/h1-6,9-10,14,19,24H,7-8,11-13H2,(H,21,22)/t19-/m1/s1. The summed E-state index contributed by atoms with van der Waals surface area (Å²) in [5, 5.41) is 17.6. The van der Waals surface area contributed by atoms with Gasteiger partial charge in [-0.25, -0.2) is 0 Å². The zero-order valence-corrected chi connectivity index (χ0v) is 14.8. The van der Waals surface area contributed by atoms with E-state index in [-0.39, 0.29) is 0 Å². The Morgan fingerprint density at radius 2 is 2.04 bits per heavy atom. The van der Waals surface area contributed by atoms with Crippen molar-refractivity contribution in [3.8, 4) is 10.6 Å². The van der Waals surface area contributed by atoms with Gasteiger partial charge in [-0.3, -0.25) is 15.0 Å². The number of aromatic amines is 1. The second-order valence-corrected chi connectivity index (χ2v) is 7.72. The molecule has 0 amide bonds. The minimum absolute atomic E-state index is 0.301.